The summed E-state index contributed by atoms with van der Waals surface area (Å²) in [6.07, 6.45) is 1.11. The van der Waals surface area contributed by atoms with Crippen LogP contribution in [0.4, 0.5) is 11.4 Å². The fourth-order valence-electron chi connectivity index (χ4n) is 2.71. The zero-order valence-corrected chi connectivity index (χ0v) is 13.5. The van der Waals surface area contributed by atoms with Crippen LogP contribution in [-0.4, -0.2) is 42.5 Å². The van der Waals surface area contributed by atoms with Crippen LogP contribution in [0.25, 0.3) is 0 Å². The maximum atomic E-state index is 10.9. The fourth-order valence-corrected chi connectivity index (χ4v) is 3.16. The van der Waals surface area contributed by atoms with Crippen molar-refractivity contribution in [2.45, 2.75) is 24.7 Å². The first-order valence-electron chi connectivity index (χ1n) is 6.85. The van der Waals surface area contributed by atoms with E-state index in [1.54, 1.807) is 12.1 Å². The number of benzene rings is 1. The quantitative estimate of drug-likeness (QED) is 0.479. The van der Waals surface area contributed by atoms with E-state index in [9.17, 15) is 10.1 Å². The van der Waals surface area contributed by atoms with E-state index < -0.39 is 0 Å². The average molecular weight is 342 g/mol. The molecule has 1 heterocycles. The van der Waals surface area contributed by atoms with E-state index in [-0.39, 0.29) is 10.6 Å². The third kappa shape index (κ3) is 3.12. The van der Waals surface area contributed by atoms with Crippen LogP contribution in [0.5, 0.6) is 0 Å². The molecule has 0 aliphatic carbocycles. The molecule has 110 valence electrons. The lowest BCUT2D eigenvalue weighted by Crippen LogP contribution is -2.51. The van der Waals surface area contributed by atoms with Crippen molar-refractivity contribution in [3.05, 3.63) is 33.9 Å². The van der Waals surface area contributed by atoms with Gasteiger partial charge in [0, 0.05) is 48.8 Å². The van der Waals surface area contributed by atoms with Gasteiger partial charge in [0.25, 0.3) is 5.69 Å². The normalized spacial score (nSPS) is 20.1. The lowest BCUT2D eigenvalue weighted by molar-refractivity contribution is -0.384. The van der Waals surface area contributed by atoms with Gasteiger partial charge in [-0.3, -0.25) is 15.0 Å². The van der Waals surface area contributed by atoms with Gasteiger partial charge >= 0.3 is 0 Å². The van der Waals surface area contributed by atoms with E-state index >= 15 is 0 Å². The molecule has 0 radical (unpaired) electrons. The molecule has 2 rings (SSSR count). The molecule has 1 aromatic carbocycles. The Morgan fingerprint density at radius 3 is 2.80 bits per heavy atom. The van der Waals surface area contributed by atoms with Gasteiger partial charge in [0.15, 0.2) is 0 Å². The smallest absolute Gasteiger partial charge is 0.269 e. The molecular formula is C14H20BrN3O2. The Hall–Kier alpha value is -1.14. The number of piperazine rings is 1. The van der Waals surface area contributed by atoms with Gasteiger partial charge in [-0.05, 0) is 25.1 Å². The van der Waals surface area contributed by atoms with Crippen LogP contribution in [0.15, 0.2) is 18.2 Å². The summed E-state index contributed by atoms with van der Waals surface area (Å²) in [6.45, 7) is 5.17. The van der Waals surface area contributed by atoms with Crippen molar-refractivity contribution in [3.8, 4) is 0 Å². The zero-order chi connectivity index (χ0) is 14.7. The molecule has 1 aromatic rings. The van der Waals surface area contributed by atoms with Crippen molar-refractivity contribution in [2.24, 2.45) is 0 Å². The molecule has 1 aliphatic rings. The lowest BCUT2D eigenvalue weighted by Gasteiger charge is -2.41. The standard InChI is InChI=1S/C14H20BrN3O2/c1-3-12-10-17(7-6-16(12)2)14-5-4-13(18(19)20)8-11(14)9-15/h4-5,8,12H,3,6-7,9-10H2,1-2H3. The van der Waals surface area contributed by atoms with Crippen molar-refractivity contribution < 1.29 is 4.92 Å². The first kappa shape index (κ1) is 15.3. The predicted octanol–water partition coefficient (Wildman–Crippen LogP) is 3.02. The lowest BCUT2D eigenvalue weighted by atomic mass is 10.1. The Labute approximate surface area is 127 Å². The zero-order valence-electron chi connectivity index (χ0n) is 11.9. The van der Waals surface area contributed by atoms with E-state index in [0.29, 0.717) is 11.4 Å². The van der Waals surface area contributed by atoms with Crippen LogP contribution < -0.4 is 4.90 Å². The summed E-state index contributed by atoms with van der Waals surface area (Å²) in [5, 5.41) is 11.5. The number of rotatable bonds is 4. The minimum Gasteiger partial charge on any atom is -0.368 e. The van der Waals surface area contributed by atoms with Crippen LogP contribution in [0, 0.1) is 10.1 Å². The maximum Gasteiger partial charge on any atom is 0.269 e. The number of nitrogens with zero attached hydrogens (tertiary/aromatic N) is 3. The number of nitro benzene ring substituents is 1. The SMILES string of the molecule is CCC1CN(c2ccc([N+](=O)[O-])cc2CBr)CCN1C. The molecule has 0 amide bonds. The number of alkyl halides is 1. The number of likely N-dealkylation sites (N-methyl/N-ethyl adjacent to an activating group) is 1. The minimum atomic E-state index is -0.339. The minimum absolute atomic E-state index is 0.157. The molecule has 5 nitrogen and oxygen atoms in total. The second-order valence-corrected chi connectivity index (χ2v) is 5.75. The van der Waals surface area contributed by atoms with Gasteiger partial charge in [0.05, 0.1) is 4.92 Å². The van der Waals surface area contributed by atoms with E-state index in [2.05, 4.69) is 39.7 Å². The number of non-ortho nitro benzene ring substituents is 1. The number of anilines is 1. The van der Waals surface area contributed by atoms with Crippen LogP contribution in [0.1, 0.15) is 18.9 Å². The Balaban J connectivity index is 2.26. The first-order valence-corrected chi connectivity index (χ1v) is 7.97. The number of halogens is 1. The summed E-state index contributed by atoms with van der Waals surface area (Å²) in [5.41, 5.74) is 2.25. The van der Waals surface area contributed by atoms with Gasteiger partial charge in [-0.1, -0.05) is 22.9 Å². The summed E-state index contributed by atoms with van der Waals surface area (Å²) < 4.78 is 0. The molecule has 0 aromatic heterocycles. The molecule has 1 saturated heterocycles. The second kappa shape index (κ2) is 6.54. The van der Waals surface area contributed by atoms with Crippen molar-refractivity contribution in [1.82, 2.24) is 4.90 Å². The van der Waals surface area contributed by atoms with Crippen LogP contribution in [-0.2, 0) is 5.33 Å². The molecule has 0 N–H and O–H groups in total. The molecule has 0 spiro atoms. The molecule has 20 heavy (non-hydrogen) atoms. The topological polar surface area (TPSA) is 49.6 Å². The first-order chi connectivity index (χ1) is 9.56. The summed E-state index contributed by atoms with van der Waals surface area (Å²) >= 11 is 3.44. The molecule has 0 saturated carbocycles. The van der Waals surface area contributed by atoms with Gasteiger partial charge < -0.3 is 4.90 Å². The highest BCUT2D eigenvalue weighted by Crippen LogP contribution is 2.29. The van der Waals surface area contributed by atoms with E-state index in [1.807, 2.05) is 6.07 Å². The van der Waals surface area contributed by atoms with Gasteiger partial charge in [0.1, 0.15) is 0 Å². The highest BCUT2D eigenvalue weighted by Gasteiger charge is 2.24. The van der Waals surface area contributed by atoms with Gasteiger partial charge in [0.2, 0.25) is 0 Å². The van der Waals surface area contributed by atoms with E-state index in [0.717, 1.165) is 37.3 Å². The maximum absolute atomic E-state index is 10.9. The molecule has 0 bridgehead atoms. The molecule has 1 unspecified atom stereocenters. The van der Waals surface area contributed by atoms with Crippen molar-refractivity contribution in [1.29, 1.82) is 0 Å². The van der Waals surface area contributed by atoms with E-state index in [1.165, 1.54) is 0 Å². The number of nitro groups is 1. The Morgan fingerprint density at radius 1 is 1.45 bits per heavy atom. The summed E-state index contributed by atoms with van der Waals surface area (Å²) in [5.74, 6) is 0. The summed E-state index contributed by atoms with van der Waals surface area (Å²) in [4.78, 5) is 15.3. The fraction of sp³-hybridized carbons (Fsp3) is 0.571. The monoisotopic (exact) mass is 341 g/mol. The van der Waals surface area contributed by atoms with Crippen molar-refractivity contribution >= 4 is 27.3 Å². The Bertz CT molecular complexity index is 495. The molecule has 1 fully saturated rings. The van der Waals surface area contributed by atoms with Crippen LogP contribution >= 0.6 is 15.9 Å². The Kier molecular flexibility index (Phi) is 4.99. The van der Waals surface area contributed by atoms with Gasteiger partial charge in [-0.25, -0.2) is 0 Å². The predicted molar refractivity (Wildman–Crippen MR) is 84.6 cm³/mol. The average Bonchev–Trinajstić information content (AvgIpc) is 2.47. The van der Waals surface area contributed by atoms with Crippen LogP contribution in [0.2, 0.25) is 0 Å². The number of hydrogen-bond donors (Lipinski definition) is 0. The van der Waals surface area contributed by atoms with Gasteiger partial charge in [-0.2, -0.15) is 0 Å². The van der Waals surface area contributed by atoms with Crippen molar-refractivity contribution in [3.63, 3.8) is 0 Å². The molecule has 1 atom stereocenters. The highest BCUT2D eigenvalue weighted by atomic mass is 79.9. The Morgan fingerprint density at radius 2 is 2.20 bits per heavy atom. The second-order valence-electron chi connectivity index (χ2n) is 5.19. The summed E-state index contributed by atoms with van der Waals surface area (Å²) in [6, 6.07) is 5.69. The third-order valence-electron chi connectivity index (χ3n) is 4.01. The van der Waals surface area contributed by atoms with Crippen LogP contribution in [0.3, 0.4) is 0 Å². The third-order valence-corrected chi connectivity index (χ3v) is 4.61. The largest absolute Gasteiger partial charge is 0.368 e. The summed E-state index contributed by atoms with van der Waals surface area (Å²) in [7, 11) is 2.16. The van der Waals surface area contributed by atoms with E-state index in [4.69, 9.17) is 0 Å². The van der Waals surface area contributed by atoms with Gasteiger partial charge in [-0.15, -0.1) is 0 Å². The molecular weight excluding hydrogens is 322 g/mol. The number of hydrogen-bond acceptors (Lipinski definition) is 4. The molecule has 6 heteroatoms. The molecule has 1 aliphatic heterocycles. The highest BCUT2D eigenvalue weighted by molar-refractivity contribution is 9.08. The van der Waals surface area contributed by atoms with Crippen molar-refractivity contribution in [2.75, 3.05) is 31.6 Å².